The number of nitrogens with zero attached hydrogens (tertiary/aromatic N) is 6. The van der Waals surface area contributed by atoms with Gasteiger partial charge in [-0.2, -0.15) is 5.10 Å². The van der Waals surface area contributed by atoms with Crippen LogP contribution in [0, 0.1) is 0 Å². The van der Waals surface area contributed by atoms with Crippen LogP contribution >= 0.6 is 0 Å². The molecular weight excluding hydrogens is 326 g/mol. The number of aryl methyl sites for hydroxylation is 1. The van der Waals surface area contributed by atoms with Crippen molar-refractivity contribution in [3.05, 3.63) is 29.3 Å². The van der Waals surface area contributed by atoms with Gasteiger partial charge in [-0.05, 0) is 31.7 Å². The van der Waals surface area contributed by atoms with E-state index in [0.29, 0.717) is 31.9 Å². The number of hydrogen-bond acceptors (Lipinski definition) is 7. The lowest BCUT2D eigenvalue weighted by Crippen LogP contribution is -2.32. The number of amides is 2. The molecule has 10 nitrogen and oxygen atoms in total. The fraction of sp³-hybridized carbons (Fsp3) is 0.533. The van der Waals surface area contributed by atoms with Gasteiger partial charge in [0.2, 0.25) is 0 Å². The Hall–Kier alpha value is -2.75. The summed E-state index contributed by atoms with van der Waals surface area (Å²) in [6.07, 6.45) is 2.04. The number of nitrogens with one attached hydrogen (secondary N) is 1. The standard InChI is InChI=1S/C15H21N7O3/c1-20(2)7-4-16-14(23)12-8-11-10-21(5-3-6-22(11)18-12)15(24)13-9-17-25-19-13/h8-9H,3-7,10H2,1-2H3,(H,16,23). The van der Waals surface area contributed by atoms with Crippen LogP contribution in [0.1, 0.15) is 33.1 Å². The highest BCUT2D eigenvalue weighted by atomic mass is 16.6. The molecule has 0 saturated carbocycles. The van der Waals surface area contributed by atoms with E-state index in [1.807, 2.05) is 19.0 Å². The van der Waals surface area contributed by atoms with Crippen molar-refractivity contribution in [3.8, 4) is 0 Å². The fourth-order valence-corrected chi connectivity index (χ4v) is 2.65. The molecule has 10 heteroatoms. The number of carbonyl (C=O) groups is 2. The van der Waals surface area contributed by atoms with Crippen molar-refractivity contribution in [2.24, 2.45) is 0 Å². The van der Waals surface area contributed by atoms with Gasteiger partial charge in [0, 0.05) is 26.2 Å². The third-order valence-electron chi connectivity index (χ3n) is 3.96. The van der Waals surface area contributed by atoms with Crippen LogP contribution in [0.2, 0.25) is 0 Å². The Kier molecular flexibility index (Phi) is 5.08. The minimum Gasteiger partial charge on any atom is -0.349 e. The molecule has 0 unspecified atom stereocenters. The summed E-state index contributed by atoms with van der Waals surface area (Å²) in [5, 5.41) is 14.3. The highest BCUT2D eigenvalue weighted by Gasteiger charge is 2.24. The first kappa shape index (κ1) is 17.1. The van der Waals surface area contributed by atoms with Crippen LogP contribution in [0.25, 0.3) is 0 Å². The maximum absolute atomic E-state index is 12.4. The van der Waals surface area contributed by atoms with E-state index in [0.717, 1.165) is 18.7 Å². The predicted octanol–water partition coefficient (Wildman–Crippen LogP) is -0.396. The normalized spacial score (nSPS) is 14.3. The summed E-state index contributed by atoms with van der Waals surface area (Å²) in [6, 6.07) is 1.73. The second-order valence-electron chi connectivity index (χ2n) is 6.18. The van der Waals surface area contributed by atoms with Gasteiger partial charge in [0.25, 0.3) is 11.8 Å². The topological polar surface area (TPSA) is 109 Å². The van der Waals surface area contributed by atoms with E-state index in [1.54, 1.807) is 15.6 Å². The van der Waals surface area contributed by atoms with Crippen molar-refractivity contribution in [1.29, 1.82) is 0 Å². The van der Waals surface area contributed by atoms with Gasteiger partial charge in [0.1, 0.15) is 6.20 Å². The van der Waals surface area contributed by atoms with Crippen LogP contribution in [0.4, 0.5) is 0 Å². The average molecular weight is 347 g/mol. The average Bonchev–Trinajstić information content (AvgIpc) is 3.20. The van der Waals surface area contributed by atoms with Crippen molar-refractivity contribution in [1.82, 2.24) is 35.2 Å². The molecule has 0 atom stereocenters. The number of carbonyl (C=O) groups excluding carboxylic acids is 2. The Morgan fingerprint density at radius 1 is 1.32 bits per heavy atom. The van der Waals surface area contributed by atoms with Crippen LogP contribution in [-0.4, -0.2) is 75.4 Å². The van der Waals surface area contributed by atoms with E-state index in [4.69, 9.17) is 0 Å². The predicted molar refractivity (Wildman–Crippen MR) is 86.8 cm³/mol. The first-order chi connectivity index (χ1) is 12.0. The highest BCUT2D eigenvalue weighted by molar-refractivity contribution is 5.93. The molecule has 2 aromatic heterocycles. The molecular formula is C15H21N7O3. The smallest absolute Gasteiger partial charge is 0.278 e. The molecule has 1 aliphatic rings. The minimum absolute atomic E-state index is 0.176. The van der Waals surface area contributed by atoms with E-state index in [1.165, 1.54) is 6.20 Å². The van der Waals surface area contributed by atoms with Crippen LogP contribution < -0.4 is 5.32 Å². The summed E-state index contributed by atoms with van der Waals surface area (Å²) in [4.78, 5) is 28.3. The molecule has 134 valence electrons. The second-order valence-corrected chi connectivity index (χ2v) is 6.18. The van der Waals surface area contributed by atoms with Crippen molar-refractivity contribution < 1.29 is 14.2 Å². The first-order valence-electron chi connectivity index (χ1n) is 8.11. The number of hydrogen-bond donors (Lipinski definition) is 1. The van der Waals surface area contributed by atoms with Crippen LogP contribution in [0.5, 0.6) is 0 Å². The van der Waals surface area contributed by atoms with Gasteiger partial charge in [0.05, 0.1) is 12.2 Å². The summed E-state index contributed by atoms with van der Waals surface area (Å²) < 4.78 is 6.28. The summed E-state index contributed by atoms with van der Waals surface area (Å²) in [5.41, 5.74) is 1.36. The first-order valence-corrected chi connectivity index (χ1v) is 8.11. The van der Waals surface area contributed by atoms with E-state index >= 15 is 0 Å². The monoisotopic (exact) mass is 347 g/mol. The Balaban J connectivity index is 1.68. The molecule has 25 heavy (non-hydrogen) atoms. The quantitative estimate of drug-likeness (QED) is 0.784. The lowest BCUT2D eigenvalue weighted by molar-refractivity contribution is 0.0734. The third kappa shape index (κ3) is 4.02. The lowest BCUT2D eigenvalue weighted by atomic mass is 10.3. The summed E-state index contributed by atoms with van der Waals surface area (Å²) >= 11 is 0. The fourth-order valence-electron chi connectivity index (χ4n) is 2.65. The Bertz CT molecular complexity index is 738. The maximum atomic E-state index is 12.4. The Labute approximate surface area is 144 Å². The van der Waals surface area contributed by atoms with Gasteiger partial charge in [-0.1, -0.05) is 5.16 Å². The molecule has 2 amide bonds. The molecule has 2 aromatic rings. The van der Waals surface area contributed by atoms with Gasteiger partial charge in [-0.25, -0.2) is 4.63 Å². The van der Waals surface area contributed by atoms with E-state index < -0.39 is 0 Å². The molecule has 0 aromatic carbocycles. The number of aromatic nitrogens is 4. The number of rotatable bonds is 5. The zero-order valence-electron chi connectivity index (χ0n) is 14.3. The van der Waals surface area contributed by atoms with E-state index in [2.05, 4.69) is 25.4 Å². The van der Waals surface area contributed by atoms with Gasteiger partial charge in [-0.15, -0.1) is 0 Å². The molecule has 0 bridgehead atoms. The molecule has 3 rings (SSSR count). The molecule has 0 aliphatic carbocycles. The molecule has 3 heterocycles. The van der Waals surface area contributed by atoms with Crippen LogP contribution in [0.15, 0.2) is 16.9 Å². The zero-order chi connectivity index (χ0) is 17.8. The second kappa shape index (κ2) is 7.43. The summed E-state index contributed by atoms with van der Waals surface area (Å²) in [5.74, 6) is -0.450. The lowest BCUT2D eigenvalue weighted by Gasteiger charge is -2.17. The molecule has 0 fully saturated rings. The Morgan fingerprint density at radius 2 is 2.16 bits per heavy atom. The Morgan fingerprint density at radius 3 is 2.88 bits per heavy atom. The van der Waals surface area contributed by atoms with Crippen molar-refractivity contribution in [2.45, 2.75) is 19.5 Å². The number of likely N-dealkylation sites (N-methyl/N-ethyl adjacent to an activating group) is 1. The van der Waals surface area contributed by atoms with Crippen molar-refractivity contribution >= 4 is 11.8 Å². The minimum atomic E-state index is -0.243. The molecule has 1 aliphatic heterocycles. The number of fused-ring (bicyclic) bond motifs is 1. The van der Waals surface area contributed by atoms with Gasteiger partial charge < -0.3 is 15.1 Å². The SMILES string of the molecule is CN(C)CCNC(=O)c1cc2n(n1)CCCN(C(=O)c1cnon1)C2. The summed E-state index contributed by atoms with van der Waals surface area (Å²) in [7, 11) is 3.89. The van der Waals surface area contributed by atoms with Crippen LogP contribution in [-0.2, 0) is 13.1 Å². The van der Waals surface area contributed by atoms with E-state index in [9.17, 15) is 9.59 Å². The maximum Gasteiger partial charge on any atom is 0.278 e. The van der Waals surface area contributed by atoms with Crippen molar-refractivity contribution in [3.63, 3.8) is 0 Å². The van der Waals surface area contributed by atoms with Gasteiger partial charge in [-0.3, -0.25) is 14.3 Å². The van der Waals surface area contributed by atoms with Crippen LogP contribution in [0.3, 0.4) is 0 Å². The van der Waals surface area contributed by atoms with E-state index in [-0.39, 0.29) is 17.5 Å². The highest BCUT2D eigenvalue weighted by Crippen LogP contribution is 2.15. The van der Waals surface area contributed by atoms with Gasteiger partial charge >= 0.3 is 0 Å². The van der Waals surface area contributed by atoms with Crippen molar-refractivity contribution in [2.75, 3.05) is 33.7 Å². The molecule has 0 saturated heterocycles. The molecule has 1 N–H and O–H groups in total. The third-order valence-corrected chi connectivity index (χ3v) is 3.96. The largest absolute Gasteiger partial charge is 0.349 e. The van der Waals surface area contributed by atoms with Gasteiger partial charge in [0.15, 0.2) is 11.4 Å². The molecule has 0 spiro atoms. The molecule has 0 radical (unpaired) electrons. The summed E-state index contributed by atoms with van der Waals surface area (Å²) in [6.45, 7) is 2.91. The zero-order valence-corrected chi connectivity index (χ0v) is 14.3.